The molecule has 5 heteroatoms. The van der Waals surface area contributed by atoms with Crippen molar-refractivity contribution in [3.8, 4) is 22.6 Å². The predicted molar refractivity (Wildman–Crippen MR) is 149 cm³/mol. The average Bonchev–Trinajstić information content (AvgIpc) is 3.54. The van der Waals surface area contributed by atoms with Crippen LogP contribution in [0.3, 0.4) is 0 Å². The van der Waals surface area contributed by atoms with Crippen molar-refractivity contribution in [2.75, 3.05) is 6.61 Å². The molecule has 0 radical (unpaired) electrons. The van der Waals surface area contributed by atoms with Crippen LogP contribution >= 0.6 is 0 Å². The molecule has 0 amide bonds. The molecule has 2 aliphatic rings. The lowest BCUT2D eigenvalue weighted by molar-refractivity contribution is -0.138. The summed E-state index contributed by atoms with van der Waals surface area (Å²) in [7, 11) is 0. The van der Waals surface area contributed by atoms with Gasteiger partial charge in [0.15, 0.2) is 0 Å². The monoisotopic (exact) mass is 514 g/mol. The number of aliphatic carboxylic acids is 1. The molecule has 2 N–H and O–H groups in total. The summed E-state index contributed by atoms with van der Waals surface area (Å²) in [4.78, 5) is 11.2. The van der Waals surface area contributed by atoms with Crippen LogP contribution in [0.25, 0.3) is 11.1 Å². The van der Waals surface area contributed by atoms with Crippen LogP contribution in [0.4, 0.5) is 0 Å². The van der Waals surface area contributed by atoms with E-state index in [1.165, 1.54) is 38.9 Å². The van der Waals surface area contributed by atoms with Gasteiger partial charge in [-0.25, -0.2) is 0 Å². The van der Waals surface area contributed by atoms with Crippen molar-refractivity contribution in [2.24, 2.45) is 5.92 Å². The summed E-state index contributed by atoms with van der Waals surface area (Å²) in [5.74, 6) is 0.835. The van der Waals surface area contributed by atoms with Crippen molar-refractivity contribution in [1.29, 1.82) is 0 Å². The second kappa shape index (κ2) is 10.1. The van der Waals surface area contributed by atoms with Gasteiger partial charge in [0.25, 0.3) is 0 Å². The van der Waals surface area contributed by atoms with Crippen molar-refractivity contribution in [3.05, 3.63) is 81.9 Å². The maximum absolute atomic E-state index is 11.2. The zero-order valence-corrected chi connectivity index (χ0v) is 23.0. The molecule has 5 rings (SSSR count). The Morgan fingerprint density at radius 2 is 1.66 bits per heavy atom. The molecule has 0 aromatic heterocycles. The first-order valence-corrected chi connectivity index (χ1v) is 13.6. The van der Waals surface area contributed by atoms with Gasteiger partial charge in [-0.1, -0.05) is 24.3 Å². The number of carboxylic acid groups (broad SMARTS) is 1. The smallest absolute Gasteiger partial charge is 0.307 e. The van der Waals surface area contributed by atoms with Crippen LogP contribution in [0, 0.1) is 26.7 Å². The summed E-state index contributed by atoms with van der Waals surface area (Å²) in [6, 6.07) is 16.6. The molecule has 0 saturated heterocycles. The molecule has 0 bridgehead atoms. The zero-order valence-electron chi connectivity index (χ0n) is 23.0. The number of ether oxygens (including phenoxy) is 2. The van der Waals surface area contributed by atoms with Crippen molar-refractivity contribution >= 4 is 5.97 Å². The molecular weight excluding hydrogens is 476 g/mol. The minimum Gasteiger partial charge on any atom is -0.493 e. The van der Waals surface area contributed by atoms with E-state index < -0.39 is 11.6 Å². The fourth-order valence-electron chi connectivity index (χ4n) is 5.92. The van der Waals surface area contributed by atoms with Gasteiger partial charge in [-0.2, -0.15) is 0 Å². The van der Waals surface area contributed by atoms with Crippen LogP contribution in [0.1, 0.15) is 78.5 Å². The lowest BCUT2D eigenvalue weighted by Crippen LogP contribution is -2.21. The molecule has 200 valence electrons. The number of carboxylic acids is 1. The van der Waals surface area contributed by atoms with Gasteiger partial charge < -0.3 is 19.7 Å². The number of aryl methyl sites for hydroxylation is 3. The highest BCUT2D eigenvalue weighted by molar-refractivity contribution is 5.77. The van der Waals surface area contributed by atoms with Crippen LogP contribution in [0.2, 0.25) is 0 Å². The standard InChI is InChI=1S/C33H38O5/c1-19-6-11-25(30-20(2)16-24(17-21(30)3)37-15-14-33(4,5)36)26-12-13-29(31(19)26)38-23-9-7-22(8-10-23)27-18-28(27)32(34)35/h6-11,16-17,27-29,36H,12-15,18H2,1-5H3,(H,34,35)/t27-,28+,29-/m1/s1. The molecule has 3 aromatic rings. The van der Waals surface area contributed by atoms with Gasteiger partial charge in [0.2, 0.25) is 0 Å². The van der Waals surface area contributed by atoms with E-state index in [1.807, 2.05) is 24.3 Å². The van der Waals surface area contributed by atoms with Crippen LogP contribution in [-0.2, 0) is 11.2 Å². The number of fused-ring (bicyclic) bond motifs is 1. The highest BCUT2D eigenvalue weighted by Crippen LogP contribution is 2.48. The molecule has 0 spiro atoms. The number of aliphatic hydroxyl groups is 1. The Hall–Kier alpha value is -3.31. The Kier molecular flexibility index (Phi) is 6.99. The van der Waals surface area contributed by atoms with Crippen molar-refractivity contribution in [1.82, 2.24) is 0 Å². The lowest BCUT2D eigenvalue weighted by atomic mass is 9.89. The quantitative estimate of drug-likeness (QED) is 0.319. The number of carbonyl (C=O) groups is 1. The van der Waals surface area contributed by atoms with Crippen LogP contribution in [0.15, 0.2) is 48.5 Å². The summed E-state index contributed by atoms with van der Waals surface area (Å²) < 4.78 is 12.5. The average molecular weight is 515 g/mol. The van der Waals surface area contributed by atoms with E-state index >= 15 is 0 Å². The Labute approximate surface area is 225 Å². The van der Waals surface area contributed by atoms with Gasteiger partial charge in [0, 0.05) is 6.42 Å². The molecule has 1 fully saturated rings. The van der Waals surface area contributed by atoms with Crippen molar-refractivity contribution in [2.45, 2.75) is 77.9 Å². The van der Waals surface area contributed by atoms with Crippen LogP contribution in [-0.4, -0.2) is 28.4 Å². The normalized spacial score (nSPS) is 20.2. The molecule has 0 heterocycles. The maximum Gasteiger partial charge on any atom is 0.307 e. The molecule has 1 saturated carbocycles. The first-order chi connectivity index (χ1) is 18.0. The van der Waals surface area contributed by atoms with Crippen molar-refractivity contribution < 1.29 is 24.5 Å². The van der Waals surface area contributed by atoms with Gasteiger partial charge in [0.05, 0.1) is 18.1 Å². The summed E-state index contributed by atoms with van der Waals surface area (Å²) in [6.45, 7) is 10.5. The maximum atomic E-state index is 11.2. The van der Waals surface area contributed by atoms with Gasteiger partial charge in [-0.15, -0.1) is 0 Å². The fraction of sp³-hybridized carbons (Fsp3) is 0.424. The molecule has 3 aromatic carbocycles. The predicted octanol–water partition coefficient (Wildman–Crippen LogP) is 7.07. The molecule has 2 aliphatic carbocycles. The summed E-state index contributed by atoms with van der Waals surface area (Å²) in [5, 5.41) is 19.2. The SMILES string of the molecule is Cc1cc(OCCC(C)(C)O)cc(C)c1-c1ccc(C)c2c1CC[C@H]2Oc1ccc([C@H]2C[C@@H]2C(=O)O)cc1. The molecular formula is C33H38O5. The lowest BCUT2D eigenvalue weighted by Gasteiger charge is -2.21. The van der Waals surface area contributed by atoms with Gasteiger partial charge in [-0.05, 0) is 129 Å². The van der Waals surface area contributed by atoms with E-state index in [9.17, 15) is 15.0 Å². The first kappa shape index (κ1) is 26.3. The van der Waals surface area contributed by atoms with E-state index in [1.54, 1.807) is 13.8 Å². The third-order valence-electron chi connectivity index (χ3n) is 8.01. The van der Waals surface area contributed by atoms with Gasteiger partial charge in [-0.3, -0.25) is 4.79 Å². The summed E-state index contributed by atoms with van der Waals surface area (Å²) >= 11 is 0. The highest BCUT2D eigenvalue weighted by Gasteiger charge is 2.44. The number of hydrogen-bond acceptors (Lipinski definition) is 4. The summed E-state index contributed by atoms with van der Waals surface area (Å²) in [5.41, 5.74) is 9.08. The van der Waals surface area contributed by atoms with Crippen LogP contribution < -0.4 is 9.47 Å². The third kappa shape index (κ3) is 5.44. The summed E-state index contributed by atoms with van der Waals surface area (Å²) in [6.07, 6.45) is 3.18. The third-order valence-corrected chi connectivity index (χ3v) is 8.01. The second-order valence-electron chi connectivity index (χ2n) is 11.7. The number of benzene rings is 3. The molecule has 5 nitrogen and oxygen atoms in total. The Bertz CT molecular complexity index is 1330. The minimum atomic E-state index is -0.742. The van der Waals surface area contributed by atoms with Gasteiger partial charge >= 0.3 is 5.97 Å². The fourth-order valence-corrected chi connectivity index (χ4v) is 5.92. The Morgan fingerprint density at radius 1 is 0.974 bits per heavy atom. The Balaban J connectivity index is 1.36. The van der Waals surface area contributed by atoms with E-state index in [0.717, 1.165) is 36.3 Å². The van der Waals surface area contributed by atoms with E-state index in [0.29, 0.717) is 13.0 Å². The first-order valence-electron chi connectivity index (χ1n) is 13.6. The van der Waals surface area contributed by atoms with E-state index in [2.05, 4.69) is 45.0 Å². The molecule has 0 aliphatic heterocycles. The van der Waals surface area contributed by atoms with Crippen molar-refractivity contribution in [3.63, 3.8) is 0 Å². The van der Waals surface area contributed by atoms with Crippen LogP contribution in [0.5, 0.6) is 11.5 Å². The minimum absolute atomic E-state index is 0.00597. The highest BCUT2D eigenvalue weighted by atomic mass is 16.5. The largest absolute Gasteiger partial charge is 0.493 e. The van der Waals surface area contributed by atoms with E-state index in [-0.39, 0.29) is 17.9 Å². The number of rotatable bonds is 9. The Morgan fingerprint density at radius 3 is 2.26 bits per heavy atom. The molecule has 0 unspecified atom stereocenters. The molecule has 38 heavy (non-hydrogen) atoms. The van der Waals surface area contributed by atoms with Gasteiger partial charge in [0.1, 0.15) is 17.6 Å². The number of hydrogen-bond donors (Lipinski definition) is 2. The second-order valence-corrected chi connectivity index (χ2v) is 11.7. The molecule has 3 atom stereocenters. The topological polar surface area (TPSA) is 76.0 Å². The zero-order chi connectivity index (χ0) is 27.2. The van der Waals surface area contributed by atoms with E-state index in [4.69, 9.17) is 9.47 Å².